The summed E-state index contributed by atoms with van der Waals surface area (Å²) in [6, 6.07) is 3.69. The highest BCUT2D eigenvalue weighted by molar-refractivity contribution is 6.02. The first-order valence-electron chi connectivity index (χ1n) is 10.1. The third kappa shape index (κ3) is 10.7. The Kier molecular flexibility index (Phi) is 9.49. The molecule has 0 spiro atoms. The Morgan fingerprint density at radius 3 is 1.94 bits per heavy atom. The number of aliphatic imine (C=N–C) groups is 1. The molecule has 0 aromatic heterocycles. The minimum atomic E-state index is -1.56. The molecule has 0 saturated carbocycles. The number of hydrogen-bond donors (Lipinski definition) is 3. The lowest BCUT2D eigenvalue weighted by atomic mass is 10.0. The standard InChI is InChI=1S/C21H30N4O9/c1-20(2,3)33-18(28)23-17(24-19(29)34-21(4,5)6)22-14-9-12(15(26)11-25(30)31)8-13(10-14)16(27)32-7/h8-10,15,26H,11H2,1-7H3,(H2,22,23,24,28,29). The third-order valence-electron chi connectivity index (χ3n) is 3.55. The predicted octanol–water partition coefficient (Wildman–Crippen LogP) is 2.82. The van der Waals surface area contributed by atoms with Crippen LogP contribution in [-0.2, 0) is 14.2 Å². The molecule has 188 valence electrons. The molecule has 0 saturated heterocycles. The number of aliphatic hydroxyl groups excluding tert-OH is 1. The maximum atomic E-state index is 12.2. The Labute approximate surface area is 196 Å². The quantitative estimate of drug-likeness (QED) is 0.142. The van der Waals surface area contributed by atoms with Crippen molar-refractivity contribution in [2.45, 2.75) is 58.8 Å². The third-order valence-corrected chi connectivity index (χ3v) is 3.55. The number of nitro groups is 1. The molecule has 0 aliphatic carbocycles. The van der Waals surface area contributed by atoms with Gasteiger partial charge in [-0.05, 0) is 65.3 Å². The van der Waals surface area contributed by atoms with E-state index >= 15 is 0 Å². The zero-order chi connectivity index (χ0) is 26.3. The van der Waals surface area contributed by atoms with Gasteiger partial charge in [0.15, 0.2) is 0 Å². The molecule has 1 aromatic carbocycles. The lowest BCUT2D eigenvalue weighted by molar-refractivity contribution is -0.491. The summed E-state index contributed by atoms with van der Waals surface area (Å²) in [7, 11) is 1.13. The monoisotopic (exact) mass is 482 g/mol. The van der Waals surface area contributed by atoms with Crippen molar-refractivity contribution >= 4 is 29.8 Å². The van der Waals surface area contributed by atoms with Crippen LogP contribution < -0.4 is 10.6 Å². The Morgan fingerprint density at radius 2 is 1.53 bits per heavy atom. The van der Waals surface area contributed by atoms with Crippen molar-refractivity contribution in [2.75, 3.05) is 13.7 Å². The number of nitrogens with zero attached hydrogens (tertiary/aromatic N) is 2. The van der Waals surface area contributed by atoms with Gasteiger partial charge in [0.2, 0.25) is 12.5 Å². The molecular weight excluding hydrogens is 452 g/mol. The van der Waals surface area contributed by atoms with Crippen LogP contribution in [0, 0.1) is 10.1 Å². The molecular formula is C21H30N4O9. The van der Waals surface area contributed by atoms with E-state index in [9.17, 15) is 29.6 Å². The molecule has 0 fully saturated rings. The fourth-order valence-electron chi connectivity index (χ4n) is 2.39. The smallest absolute Gasteiger partial charge is 0.414 e. The number of esters is 1. The minimum Gasteiger partial charge on any atom is -0.465 e. The van der Waals surface area contributed by atoms with E-state index in [0.717, 1.165) is 7.11 Å². The number of aliphatic hydroxyl groups is 1. The van der Waals surface area contributed by atoms with Gasteiger partial charge in [-0.1, -0.05) is 0 Å². The van der Waals surface area contributed by atoms with Crippen LogP contribution in [0.4, 0.5) is 15.3 Å². The van der Waals surface area contributed by atoms with Crippen molar-refractivity contribution in [2.24, 2.45) is 4.99 Å². The molecule has 13 heteroatoms. The highest BCUT2D eigenvalue weighted by Gasteiger charge is 2.22. The van der Waals surface area contributed by atoms with Crippen molar-refractivity contribution in [1.29, 1.82) is 0 Å². The van der Waals surface area contributed by atoms with E-state index in [1.54, 1.807) is 41.5 Å². The van der Waals surface area contributed by atoms with Crippen LogP contribution in [0.5, 0.6) is 0 Å². The number of carbonyl (C=O) groups is 3. The van der Waals surface area contributed by atoms with Gasteiger partial charge in [0.25, 0.3) is 0 Å². The summed E-state index contributed by atoms with van der Waals surface area (Å²) in [6.45, 7) is 8.97. The molecule has 0 aliphatic rings. The van der Waals surface area contributed by atoms with Crippen molar-refractivity contribution in [3.05, 3.63) is 39.4 Å². The SMILES string of the molecule is COC(=O)c1cc(N=C(NC(=O)OC(C)(C)C)NC(=O)OC(C)(C)C)cc(C(O)C[N+](=O)[O-])c1. The van der Waals surface area contributed by atoms with Gasteiger partial charge in [-0.2, -0.15) is 0 Å². The predicted molar refractivity (Wildman–Crippen MR) is 120 cm³/mol. The Morgan fingerprint density at radius 1 is 1.03 bits per heavy atom. The normalized spacial score (nSPS) is 12.1. The van der Waals surface area contributed by atoms with Crippen molar-refractivity contribution in [3.8, 4) is 0 Å². The fraction of sp³-hybridized carbons (Fsp3) is 0.524. The van der Waals surface area contributed by atoms with E-state index in [-0.39, 0.29) is 16.8 Å². The van der Waals surface area contributed by atoms with Crippen molar-refractivity contribution < 1.29 is 38.6 Å². The molecule has 0 bridgehead atoms. The number of guanidine groups is 1. The average Bonchev–Trinajstić information content (AvgIpc) is 2.63. The van der Waals surface area contributed by atoms with Gasteiger partial charge in [-0.25, -0.2) is 19.4 Å². The van der Waals surface area contributed by atoms with Gasteiger partial charge >= 0.3 is 18.2 Å². The number of nitrogens with one attached hydrogen (secondary N) is 2. The number of benzene rings is 1. The van der Waals surface area contributed by atoms with Crippen LogP contribution >= 0.6 is 0 Å². The van der Waals surface area contributed by atoms with Gasteiger partial charge in [0.05, 0.1) is 18.4 Å². The highest BCUT2D eigenvalue weighted by Crippen LogP contribution is 2.24. The van der Waals surface area contributed by atoms with Crippen LogP contribution in [0.15, 0.2) is 23.2 Å². The second kappa shape index (κ2) is 11.4. The minimum absolute atomic E-state index is 0.00719. The number of rotatable bonds is 5. The summed E-state index contributed by atoms with van der Waals surface area (Å²) < 4.78 is 15.0. The second-order valence-corrected chi connectivity index (χ2v) is 9.05. The molecule has 1 atom stereocenters. The summed E-state index contributed by atoms with van der Waals surface area (Å²) in [5.74, 6) is -1.21. The molecule has 1 rings (SSSR count). The van der Waals surface area contributed by atoms with Gasteiger partial charge in [0, 0.05) is 4.92 Å². The van der Waals surface area contributed by atoms with Gasteiger partial charge in [-0.15, -0.1) is 0 Å². The molecule has 13 nitrogen and oxygen atoms in total. The molecule has 0 heterocycles. The molecule has 34 heavy (non-hydrogen) atoms. The van der Waals surface area contributed by atoms with Gasteiger partial charge in [0.1, 0.15) is 17.3 Å². The zero-order valence-electron chi connectivity index (χ0n) is 20.1. The number of amides is 2. The number of hydrogen-bond acceptors (Lipinski definition) is 10. The van der Waals surface area contributed by atoms with E-state index in [0.29, 0.717) is 0 Å². The molecule has 1 aromatic rings. The lowest BCUT2D eigenvalue weighted by Crippen LogP contribution is -2.47. The van der Waals surface area contributed by atoms with Crippen LogP contribution in [0.1, 0.15) is 63.6 Å². The van der Waals surface area contributed by atoms with E-state index in [4.69, 9.17) is 9.47 Å². The largest absolute Gasteiger partial charge is 0.465 e. The van der Waals surface area contributed by atoms with E-state index < -0.39 is 52.9 Å². The maximum absolute atomic E-state index is 12.2. The van der Waals surface area contributed by atoms with Crippen LogP contribution in [0.25, 0.3) is 0 Å². The van der Waals surface area contributed by atoms with Crippen LogP contribution in [0.2, 0.25) is 0 Å². The lowest BCUT2D eigenvalue weighted by Gasteiger charge is -2.22. The van der Waals surface area contributed by atoms with Crippen molar-refractivity contribution in [1.82, 2.24) is 10.6 Å². The van der Waals surface area contributed by atoms with E-state index in [1.165, 1.54) is 18.2 Å². The molecule has 3 N–H and O–H groups in total. The Hall–Kier alpha value is -3.74. The number of carbonyl (C=O) groups excluding carboxylic acids is 3. The van der Waals surface area contributed by atoms with Crippen LogP contribution in [-0.4, -0.2) is 59.0 Å². The zero-order valence-corrected chi connectivity index (χ0v) is 20.1. The Balaban J connectivity index is 3.45. The first-order chi connectivity index (χ1) is 15.5. The fourth-order valence-corrected chi connectivity index (χ4v) is 2.39. The van der Waals surface area contributed by atoms with Gasteiger partial charge in [-0.3, -0.25) is 20.7 Å². The van der Waals surface area contributed by atoms with E-state index in [2.05, 4.69) is 20.4 Å². The summed E-state index contributed by atoms with van der Waals surface area (Å²) in [5.41, 5.74) is -1.83. The summed E-state index contributed by atoms with van der Waals surface area (Å²) in [5, 5.41) is 25.5. The van der Waals surface area contributed by atoms with Gasteiger partial charge < -0.3 is 19.3 Å². The highest BCUT2D eigenvalue weighted by atomic mass is 16.6. The summed E-state index contributed by atoms with van der Waals surface area (Å²) in [4.78, 5) is 50.7. The first-order valence-corrected chi connectivity index (χ1v) is 10.1. The topological polar surface area (TPSA) is 179 Å². The molecule has 2 amide bonds. The average molecular weight is 482 g/mol. The van der Waals surface area contributed by atoms with E-state index in [1.807, 2.05) is 0 Å². The van der Waals surface area contributed by atoms with Crippen LogP contribution in [0.3, 0.4) is 0 Å². The summed E-state index contributed by atoms with van der Waals surface area (Å²) >= 11 is 0. The number of methoxy groups -OCH3 is 1. The molecule has 0 aliphatic heterocycles. The maximum Gasteiger partial charge on any atom is 0.414 e. The Bertz CT molecular complexity index is 930. The number of ether oxygens (including phenoxy) is 3. The summed E-state index contributed by atoms with van der Waals surface area (Å²) in [6.07, 6.45) is -3.45. The van der Waals surface area contributed by atoms with Crippen molar-refractivity contribution in [3.63, 3.8) is 0 Å². The second-order valence-electron chi connectivity index (χ2n) is 9.05. The first kappa shape index (κ1) is 28.3. The molecule has 0 radical (unpaired) electrons. The number of alkyl carbamates (subject to hydrolysis) is 2. The molecule has 1 unspecified atom stereocenters.